The first-order valence-electron chi connectivity index (χ1n) is 6.77. The van der Waals surface area contributed by atoms with E-state index in [1.54, 1.807) is 7.11 Å². The molecule has 102 valence electrons. The van der Waals surface area contributed by atoms with Gasteiger partial charge in [0.25, 0.3) is 0 Å². The molecule has 0 amide bonds. The second kappa shape index (κ2) is 7.31. The zero-order valence-corrected chi connectivity index (χ0v) is 12.2. The molecule has 0 saturated carbocycles. The van der Waals surface area contributed by atoms with Gasteiger partial charge in [-0.3, -0.25) is 0 Å². The Balaban J connectivity index is 3.08. The van der Waals surface area contributed by atoms with Crippen LogP contribution in [-0.4, -0.2) is 23.6 Å². The van der Waals surface area contributed by atoms with Crippen molar-refractivity contribution in [1.82, 2.24) is 9.97 Å². The minimum Gasteiger partial charge on any atom is -0.373 e. The van der Waals surface area contributed by atoms with Gasteiger partial charge in [-0.1, -0.05) is 27.2 Å². The fourth-order valence-electron chi connectivity index (χ4n) is 1.81. The van der Waals surface area contributed by atoms with Crippen LogP contribution in [0.4, 0.5) is 5.82 Å². The molecule has 1 aromatic heterocycles. The number of anilines is 1. The van der Waals surface area contributed by atoms with E-state index in [4.69, 9.17) is 4.74 Å². The van der Waals surface area contributed by atoms with Crippen LogP contribution in [0.25, 0.3) is 0 Å². The maximum atomic E-state index is 5.49. The highest BCUT2D eigenvalue weighted by Gasteiger charge is 2.16. The number of methoxy groups -OCH3 is 1. The van der Waals surface area contributed by atoms with Gasteiger partial charge in [-0.05, 0) is 19.3 Å². The Bertz CT molecular complexity index is 366. The molecule has 1 aromatic rings. The number of aromatic nitrogens is 2. The van der Waals surface area contributed by atoms with E-state index in [1.165, 1.54) is 0 Å². The Morgan fingerprint density at radius 2 is 2.00 bits per heavy atom. The molecule has 4 nitrogen and oxygen atoms in total. The lowest BCUT2D eigenvalue weighted by atomic mass is 10.1. The van der Waals surface area contributed by atoms with Crippen molar-refractivity contribution in [2.45, 2.75) is 52.6 Å². The van der Waals surface area contributed by atoms with Crippen molar-refractivity contribution >= 4 is 5.82 Å². The highest BCUT2D eigenvalue weighted by atomic mass is 16.5. The van der Waals surface area contributed by atoms with E-state index in [0.29, 0.717) is 5.92 Å². The SMILES string of the molecule is CCCC(OC)c1nc(NCC)cc(C(C)C)n1. The second-order valence-electron chi connectivity index (χ2n) is 4.73. The van der Waals surface area contributed by atoms with Crippen LogP contribution in [-0.2, 0) is 4.74 Å². The van der Waals surface area contributed by atoms with E-state index >= 15 is 0 Å². The number of hydrogen-bond acceptors (Lipinski definition) is 4. The molecule has 0 aliphatic heterocycles. The Hall–Kier alpha value is -1.16. The molecule has 0 aliphatic rings. The van der Waals surface area contributed by atoms with E-state index in [9.17, 15) is 0 Å². The second-order valence-corrected chi connectivity index (χ2v) is 4.73. The van der Waals surface area contributed by atoms with Crippen molar-refractivity contribution in [3.8, 4) is 0 Å². The van der Waals surface area contributed by atoms with Crippen molar-refractivity contribution in [3.05, 3.63) is 17.6 Å². The number of rotatable bonds is 7. The van der Waals surface area contributed by atoms with Crippen molar-refractivity contribution in [3.63, 3.8) is 0 Å². The average molecular weight is 251 g/mol. The third-order valence-electron chi connectivity index (χ3n) is 2.84. The zero-order valence-electron chi connectivity index (χ0n) is 12.2. The lowest BCUT2D eigenvalue weighted by molar-refractivity contribution is 0.0875. The molecule has 1 rings (SSSR count). The first-order valence-corrected chi connectivity index (χ1v) is 6.77. The molecule has 0 radical (unpaired) electrons. The standard InChI is InChI=1S/C14H25N3O/c1-6-8-12(18-5)14-16-11(10(3)4)9-13(17-14)15-7-2/h9-10,12H,6-8H2,1-5H3,(H,15,16,17). The number of ether oxygens (including phenoxy) is 1. The van der Waals surface area contributed by atoms with Crippen molar-refractivity contribution in [1.29, 1.82) is 0 Å². The van der Waals surface area contributed by atoms with Crippen LogP contribution in [0.2, 0.25) is 0 Å². The predicted molar refractivity (Wildman–Crippen MR) is 74.9 cm³/mol. The number of hydrogen-bond donors (Lipinski definition) is 1. The van der Waals surface area contributed by atoms with Crippen LogP contribution in [0.5, 0.6) is 0 Å². The third kappa shape index (κ3) is 3.95. The normalized spacial score (nSPS) is 12.8. The lowest BCUT2D eigenvalue weighted by Gasteiger charge is -2.16. The lowest BCUT2D eigenvalue weighted by Crippen LogP contribution is -2.12. The van der Waals surface area contributed by atoms with E-state index in [1.807, 2.05) is 6.07 Å². The molecule has 0 aromatic carbocycles. The summed E-state index contributed by atoms with van der Waals surface area (Å²) in [7, 11) is 1.72. The molecule has 0 fully saturated rings. The van der Waals surface area contributed by atoms with Crippen LogP contribution in [0.1, 0.15) is 64.1 Å². The van der Waals surface area contributed by atoms with E-state index in [0.717, 1.165) is 36.7 Å². The first-order chi connectivity index (χ1) is 8.62. The first kappa shape index (κ1) is 14.9. The largest absolute Gasteiger partial charge is 0.373 e. The maximum absolute atomic E-state index is 5.49. The minimum atomic E-state index is -0.00824. The van der Waals surface area contributed by atoms with Crippen LogP contribution in [0, 0.1) is 0 Å². The molecule has 0 aliphatic carbocycles. The van der Waals surface area contributed by atoms with Gasteiger partial charge in [0.1, 0.15) is 11.9 Å². The van der Waals surface area contributed by atoms with E-state index in [-0.39, 0.29) is 6.10 Å². The summed E-state index contributed by atoms with van der Waals surface area (Å²) in [6.07, 6.45) is 2.00. The number of nitrogens with one attached hydrogen (secondary N) is 1. The molecule has 18 heavy (non-hydrogen) atoms. The molecule has 4 heteroatoms. The Morgan fingerprint density at radius 3 is 2.50 bits per heavy atom. The summed E-state index contributed by atoms with van der Waals surface area (Å²) in [5.41, 5.74) is 1.06. The van der Waals surface area contributed by atoms with Crippen LogP contribution < -0.4 is 5.32 Å². The van der Waals surface area contributed by atoms with Gasteiger partial charge in [0.2, 0.25) is 0 Å². The summed E-state index contributed by atoms with van der Waals surface area (Å²) in [5.74, 6) is 2.08. The summed E-state index contributed by atoms with van der Waals surface area (Å²) in [5, 5.41) is 3.26. The van der Waals surface area contributed by atoms with Crippen molar-refractivity contribution < 1.29 is 4.74 Å². The fourth-order valence-corrected chi connectivity index (χ4v) is 1.81. The molecule has 1 N–H and O–H groups in total. The monoisotopic (exact) mass is 251 g/mol. The van der Waals surface area contributed by atoms with Gasteiger partial charge in [-0.2, -0.15) is 0 Å². The summed E-state index contributed by atoms with van der Waals surface area (Å²) < 4.78 is 5.49. The van der Waals surface area contributed by atoms with Gasteiger partial charge < -0.3 is 10.1 Å². The Morgan fingerprint density at radius 1 is 1.28 bits per heavy atom. The Labute approximate surface area is 110 Å². The van der Waals surface area contributed by atoms with E-state index in [2.05, 4.69) is 43.0 Å². The topological polar surface area (TPSA) is 47.0 Å². The summed E-state index contributed by atoms with van der Waals surface area (Å²) >= 11 is 0. The van der Waals surface area contributed by atoms with Crippen molar-refractivity contribution in [2.75, 3.05) is 19.0 Å². The molecule has 1 unspecified atom stereocenters. The molecular formula is C14H25N3O. The maximum Gasteiger partial charge on any atom is 0.159 e. The molecule has 0 bridgehead atoms. The number of nitrogens with zero attached hydrogens (tertiary/aromatic N) is 2. The fraction of sp³-hybridized carbons (Fsp3) is 0.714. The molecular weight excluding hydrogens is 226 g/mol. The highest BCUT2D eigenvalue weighted by molar-refractivity contribution is 5.37. The smallest absolute Gasteiger partial charge is 0.159 e. The Kier molecular flexibility index (Phi) is 6.05. The zero-order chi connectivity index (χ0) is 13.5. The predicted octanol–water partition coefficient (Wildman–Crippen LogP) is 3.52. The average Bonchev–Trinajstić information content (AvgIpc) is 2.35. The highest BCUT2D eigenvalue weighted by Crippen LogP contribution is 2.23. The van der Waals surface area contributed by atoms with Gasteiger partial charge in [0, 0.05) is 25.4 Å². The van der Waals surface area contributed by atoms with Crippen LogP contribution in [0.3, 0.4) is 0 Å². The summed E-state index contributed by atoms with van der Waals surface area (Å²) in [4.78, 5) is 9.18. The van der Waals surface area contributed by atoms with Gasteiger partial charge in [0.05, 0.1) is 0 Å². The third-order valence-corrected chi connectivity index (χ3v) is 2.84. The summed E-state index contributed by atoms with van der Waals surface area (Å²) in [6.45, 7) is 9.35. The quantitative estimate of drug-likeness (QED) is 0.805. The molecule has 1 atom stereocenters. The van der Waals surface area contributed by atoms with Crippen molar-refractivity contribution in [2.24, 2.45) is 0 Å². The van der Waals surface area contributed by atoms with Gasteiger partial charge in [-0.15, -0.1) is 0 Å². The van der Waals surface area contributed by atoms with Gasteiger partial charge in [-0.25, -0.2) is 9.97 Å². The molecule has 1 heterocycles. The van der Waals surface area contributed by atoms with Crippen LogP contribution >= 0.6 is 0 Å². The van der Waals surface area contributed by atoms with Gasteiger partial charge >= 0.3 is 0 Å². The molecule has 0 spiro atoms. The molecule has 0 saturated heterocycles. The van der Waals surface area contributed by atoms with Crippen LogP contribution in [0.15, 0.2) is 6.07 Å². The summed E-state index contributed by atoms with van der Waals surface area (Å²) in [6, 6.07) is 2.02. The van der Waals surface area contributed by atoms with E-state index < -0.39 is 0 Å². The van der Waals surface area contributed by atoms with Gasteiger partial charge in [0.15, 0.2) is 5.82 Å². The minimum absolute atomic E-state index is 0.00824.